The van der Waals surface area contributed by atoms with Crippen molar-refractivity contribution in [2.24, 2.45) is 0 Å². The molecule has 0 amide bonds. The molecule has 34 heavy (non-hydrogen) atoms. The number of hydrogen-bond donors (Lipinski definition) is 1. The van der Waals surface area contributed by atoms with Crippen LogP contribution in [-0.2, 0) is 0 Å². The van der Waals surface area contributed by atoms with Crippen molar-refractivity contribution in [2.75, 3.05) is 12.0 Å². The minimum absolute atomic E-state index is 0.180. The molecule has 0 bridgehead atoms. The van der Waals surface area contributed by atoms with E-state index < -0.39 is 0 Å². The number of nitrogens with one attached hydrogen (secondary N) is 1. The van der Waals surface area contributed by atoms with E-state index in [0.29, 0.717) is 5.11 Å². The first-order valence-corrected chi connectivity index (χ1v) is 11.5. The van der Waals surface area contributed by atoms with Crippen LogP contribution < -0.4 is 15.0 Å². The summed E-state index contributed by atoms with van der Waals surface area (Å²) in [5.41, 5.74) is 5.66. The molecule has 0 unspecified atom stereocenters. The first kappa shape index (κ1) is 22.1. The van der Waals surface area contributed by atoms with E-state index in [-0.39, 0.29) is 17.9 Å². The molecule has 1 aliphatic heterocycles. The Morgan fingerprint density at radius 2 is 1.79 bits per heavy atom. The van der Waals surface area contributed by atoms with Crippen LogP contribution in [0, 0.1) is 19.7 Å². The van der Waals surface area contributed by atoms with Gasteiger partial charge in [0, 0.05) is 23.3 Å². The Bertz CT molecular complexity index is 1350. The molecule has 2 aromatic heterocycles. The monoisotopic (exact) mass is 472 g/mol. The second-order valence-electron chi connectivity index (χ2n) is 8.31. The van der Waals surface area contributed by atoms with Crippen LogP contribution in [0.5, 0.6) is 5.75 Å². The van der Waals surface area contributed by atoms with Crippen LogP contribution in [0.3, 0.4) is 0 Å². The number of aryl methyl sites for hydroxylation is 1. The van der Waals surface area contributed by atoms with Crippen LogP contribution in [0.4, 0.5) is 10.1 Å². The van der Waals surface area contributed by atoms with Crippen molar-refractivity contribution < 1.29 is 9.13 Å². The fraction of sp³-hybridized carbons (Fsp3) is 0.185. The number of hydrogen-bond acceptors (Lipinski definition) is 3. The second-order valence-corrected chi connectivity index (χ2v) is 8.70. The first-order chi connectivity index (χ1) is 16.5. The van der Waals surface area contributed by atoms with E-state index in [1.165, 1.54) is 6.07 Å². The van der Waals surface area contributed by atoms with Gasteiger partial charge in [0.25, 0.3) is 0 Å². The van der Waals surface area contributed by atoms with E-state index >= 15 is 0 Å². The Hall–Kier alpha value is -3.71. The number of nitrogens with zero attached hydrogens (tertiary/aromatic N) is 3. The van der Waals surface area contributed by atoms with Crippen molar-refractivity contribution in [2.45, 2.75) is 25.9 Å². The highest BCUT2D eigenvalue weighted by Gasteiger charge is 2.43. The summed E-state index contributed by atoms with van der Waals surface area (Å²) in [5, 5.41) is 4.09. The smallest absolute Gasteiger partial charge is 0.174 e. The fourth-order valence-corrected chi connectivity index (χ4v) is 5.20. The molecule has 1 fully saturated rings. The summed E-state index contributed by atoms with van der Waals surface area (Å²) in [6.45, 7) is 4.09. The number of pyridine rings is 1. The van der Waals surface area contributed by atoms with Crippen molar-refractivity contribution in [3.63, 3.8) is 0 Å². The van der Waals surface area contributed by atoms with E-state index in [1.807, 2.05) is 55.5 Å². The average molecular weight is 473 g/mol. The van der Waals surface area contributed by atoms with Gasteiger partial charge in [0.1, 0.15) is 11.6 Å². The van der Waals surface area contributed by atoms with Gasteiger partial charge in [-0.05, 0) is 80.2 Å². The second kappa shape index (κ2) is 8.91. The topological polar surface area (TPSA) is 42.3 Å². The molecule has 0 saturated carbocycles. The molecule has 5 nitrogen and oxygen atoms in total. The van der Waals surface area contributed by atoms with Crippen LogP contribution in [-0.4, -0.2) is 21.8 Å². The Morgan fingerprint density at radius 1 is 1.00 bits per heavy atom. The minimum Gasteiger partial charge on any atom is -0.495 e. The molecular weight excluding hydrogens is 447 g/mol. The lowest BCUT2D eigenvalue weighted by Gasteiger charge is -2.29. The fourth-order valence-electron chi connectivity index (χ4n) is 4.86. The third-order valence-corrected chi connectivity index (χ3v) is 6.61. The van der Waals surface area contributed by atoms with Crippen molar-refractivity contribution >= 4 is 23.0 Å². The number of para-hydroxylation sites is 2. The van der Waals surface area contributed by atoms with Crippen LogP contribution in [0.1, 0.15) is 34.7 Å². The van der Waals surface area contributed by atoms with Crippen LogP contribution in [0.2, 0.25) is 0 Å². The zero-order valence-corrected chi connectivity index (χ0v) is 20.0. The number of benzene rings is 2. The molecule has 0 aliphatic carbocycles. The normalized spacial score (nSPS) is 17.6. The maximum Gasteiger partial charge on any atom is 0.174 e. The first-order valence-electron chi connectivity index (χ1n) is 11.1. The zero-order valence-electron chi connectivity index (χ0n) is 19.2. The molecule has 1 aliphatic rings. The Morgan fingerprint density at radius 3 is 2.53 bits per heavy atom. The van der Waals surface area contributed by atoms with Crippen LogP contribution in [0.15, 0.2) is 79.0 Å². The van der Waals surface area contributed by atoms with Gasteiger partial charge in [-0.3, -0.25) is 4.98 Å². The number of rotatable bonds is 5. The van der Waals surface area contributed by atoms with Crippen molar-refractivity contribution in [1.29, 1.82) is 0 Å². The maximum absolute atomic E-state index is 14.1. The zero-order chi connectivity index (χ0) is 23.8. The van der Waals surface area contributed by atoms with E-state index in [2.05, 4.69) is 32.8 Å². The van der Waals surface area contributed by atoms with Crippen molar-refractivity contribution in [3.05, 3.63) is 107 Å². The molecule has 4 aromatic rings. The van der Waals surface area contributed by atoms with E-state index in [0.717, 1.165) is 39.8 Å². The number of methoxy groups -OCH3 is 1. The van der Waals surface area contributed by atoms with Gasteiger partial charge in [-0.2, -0.15) is 0 Å². The number of aromatic nitrogens is 2. The summed E-state index contributed by atoms with van der Waals surface area (Å²) in [4.78, 5) is 6.74. The van der Waals surface area contributed by atoms with E-state index in [9.17, 15) is 4.39 Å². The maximum atomic E-state index is 14.1. The SMILES string of the molecule is COc1ccccc1N1C(=S)N[C@@H](c2ccccn2)[C@@H]1c1cc(C)n(-c2cccc(F)c2)c1C. The highest BCUT2D eigenvalue weighted by atomic mass is 32.1. The predicted molar refractivity (Wildman–Crippen MR) is 136 cm³/mol. The third-order valence-electron chi connectivity index (χ3n) is 6.30. The number of thiocarbonyl (C=S) groups is 1. The predicted octanol–water partition coefficient (Wildman–Crippen LogP) is 5.81. The summed E-state index contributed by atoms with van der Waals surface area (Å²) in [6.07, 6.45) is 1.79. The van der Waals surface area contributed by atoms with Gasteiger partial charge >= 0.3 is 0 Å². The van der Waals surface area contributed by atoms with Crippen molar-refractivity contribution in [1.82, 2.24) is 14.9 Å². The van der Waals surface area contributed by atoms with Crippen molar-refractivity contribution in [3.8, 4) is 11.4 Å². The van der Waals surface area contributed by atoms with Crippen LogP contribution in [0.25, 0.3) is 5.69 Å². The highest BCUT2D eigenvalue weighted by Crippen LogP contribution is 2.46. The summed E-state index contributed by atoms with van der Waals surface area (Å²) < 4.78 is 21.8. The van der Waals surface area contributed by atoms with Gasteiger partial charge < -0.3 is 19.5 Å². The molecule has 2 atom stereocenters. The molecule has 7 heteroatoms. The Balaban J connectivity index is 1.71. The molecule has 3 heterocycles. The standard InChI is InChI=1S/C27H25FN4OS/c1-17-15-21(18(2)31(17)20-10-8-9-19(28)16-20)26-25(22-11-6-7-14-29-22)30-27(34)32(26)23-12-4-5-13-24(23)33-3/h4-16,25-26H,1-3H3,(H,30,34)/t25-,26-/m0/s1. The molecular formula is C27H25FN4OS. The minimum atomic E-state index is -0.266. The Labute approximate surface area is 203 Å². The lowest BCUT2D eigenvalue weighted by molar-refractivity contribution is 0.414. The van der Waals surface area contributed by atoms with Gasteiger partial charge in [0.05, 0.1) is 30.6 Å². The van der Waals surface area contributed by atoms with Gasteiger partial charge in [0.15, 0.2) is 5.11 Å². The molecule has 1 N–H and O–H groups in total. The molecule has 1 saturated heterocycles. The summed E-state index contributed by atoms with van der Waals surface area (Å²) in [6, 6.07) is 22.2. The summed E-state index contributed by atoms with van der Waals surface area (Å²) in [7, 11) is 1.66. The lowest BCUT2D eigenvalue weighted by Crippen LogP contribution is -2.30. The van der Waals surface area contributed by atoms with E-state index in [4.69, 9.17) is 17.0 Å². The van der Waals surface area contributed by atoms with Gasteiger partial charge in [-0.25, -0.2) is 4.39 Å². The average Bonchev–Trinajstić information content (AvgIpc) is 3.34. The summed E-state index contributed by atoms with van der Waals surface area (Å²) >= 11 is 5.85. The summed E-state index contributed by atoms with van der Waals surface area (Å²) in [5.74, 6) is 0.467. The number of ether oxygens (including phenoxy) is 1. The van der Waals surface area contributed by atoms with Gasteiger partial charge in [-0.1, -0.05) is 24.3 Å². The number of anilines is 1. The van der Waals surface area contributed by atoms with Crippen LogP contribution >= 0.6 is 12.2 Å². The third kappa shape index (κ3) is 3.72. The Kier molecular flexibility index (Phi) is 5.79. The number of halogens is 1. The molecule has 0 radical (unpaired) electrons. The van der Waals surface area contributed by atoms with Gasteiger partial charge in [0.2, 0.25) is 0 Å². The molecule has 0 spiro atoms. The highest BCUT2D eigenvalue weighted by molar-refractivity contribution is 7.80. The molecule has 172 valence electrons. The largest absolute Gasteiger partial charge is 0.495 e. The molecule has 2 aromatic carbocycles. The quantitative estimate of drug-likeness (QED) is 0.371. The molecule has 5 rings (SSSR count). The van der Waals surface area contributed by atoms with Gasteiger partial charge in [-0.15, -0.1) is 0 Å². The van der Waals surface area contributed by atoms with E-state index in [1.54, 1.807) is 25.4 Å². The lowest BCUT2D eigenvalue weighted by atomic mass is 9.96.